The lowest BCUT2D eigenvalue weighted by Crippen LogP contribution is -2.42. The quantitative estimate of drug-likeness (QED) is 0.916. The van der Waals surface area contributed by atoms with Crippen molar-refractivity contribution in [3.63, 3.8) is 0 Å². The van der Waals surface area contributed by atoms with Gasteiger partial charge in [-0.25, -0.2) is 0 Å². The molecule has 0 aliphatic heterocycles. The van der Waals surface area contributed by atoms with Crippen LogP contribution in [0.15, 0.2) is 36.7 Å². The van der Waals surface area contributed by atoms with Crippen molar-refractivity contribution in [2.75, 3.05) is 0 Å². The summed E-state index contributed by atoms with van der Waals surface area (Å²) in [5.41, 5.74) is 10.5. The third-order valence-corrected chi connectivity index (χ3v) is 4.15. The van der Waals surface area contributed by atoms with Crippen molar-refractivity contribution < 1.29 is 0 Å². The predicted molar refractivity (Wildman–Crippen MR) is 76.9 cm³/mol. The van der Waals surface area contributed by atoms with E-state index in [1.807, 2.05) is 10.9 Å². The van der Waals surface area contributed by atoms with E-state index in [0.717, 1.165) is 25.8 Å². The van der Waals surface area contributed by atoms with Gasteiger partial charge in [0.25, 0.3) is 0 Å². The minimum Gasteiger partial charge on any atom is -0.321 e. The Bertz CT molecular complexity index is 573. The predicted octanol–water partition coefficient (Wildman–Crippen LogP) is 2.64. The second kappa shape index (κ2) is 4.82. The molecule has 1 heterocycles. The Morgan fingerprint density at radius 3 is 3.00 bits per heavy atom. The van der Waals surface area contributed by atoms with Gasteiger partial charge in [0.2, 0.25) is 0 Å². The number of hydrogen-bond donors (Lipinski definition) is 1. The molecule has 0 amide bonds. The topological polar surface area (TPSA) is 43.8 Å². The first-order valence-corrected chi connectivity index (χ1v) is 7.10. The lowest BCUT2D eigenvalue weighted by molar-refractivity contribution is 0.369. The minimum atomic E-state index is -0.226. The van der Waals surface area contributed by atoms with Crippen LogP contribution in [-0.4, -0.2) is 9.78 Å². The van der Waals surface area contributed by atoms with E-state index in [2.05, 4.69) is 42.5 Å². The van der Waals surface area contributed by atoms with Crippen LogP contribution in [0.25, 0.3) is 0 Å². The molecule has 1 aliphatic rings. The first-order valence-electron chi connectivity index (χ1n) is 7.10. The third-order valence-electron chi connectivity index (χ3n) is 4.15. The van der Waals surface area contributed by atoms with Gasteiger partial charge in [0, 0.05) is 18.3 Å². The van der Waals surface area contributed by atoms with Gasteiger partial charge in [-0.2, -0.15) is 5.10 Å². The molecule has 2 aromatic rings. The second-order valence-electron chi connectivity index (χ2n) is 5.55. The van der Waals surface area contributed by atoms with Crippen LogP contribution in [0, 0.1) is 0 Å². The van der Waals surface area contributed by atoms with Crippen molar-refractivity contribution in [1.29, 1.82) is 0 Å². The number of fused-ring (bicyclic) bond motifs is 1. The molecule has 1 unspecified atom stereocenters. The van der Waals surface area contributed by atoms with E-state index in [1.165, 1.54) is 23.1 Å². The summed E-state index contributed by atoms with van der Waals surface area (Å²) in [7, 11) is 0. The maximum Gasteiger partial charge on any atom is 0.0522 e. The summed E-state index contributed by atoms with van der Waals surface area (Å²) >= 11 is 0. The van der Waals surface area contributed by atoms with E-state index in [4.69, 9.17) is 5.73 Å². The molecule has 3 nitrogen and oxygen atoms in total. The molecule has 1 aromatic heterocycles. The normalized spacial score (nSPS) is 22.2. The zero-order valence-corrected chi connectivity index (χ0v) is 11.5. The summed E-state index contributed by atoms with van der Waals surface area (Å²) < 4.78 is 1.97. The molecule has 0 saturated heterocycles. The van der Waals surface area contributed by atoms with Gasteiger partial charge in [-0.05, 0) is 49.3 Å². The number of benzene rings is 1. The number of nitrogens with two attached hydrogens (primary N) is 1. The summed E-state index contributed by atoms with van der Waals surface area (Å²) in [4.78, 5) is 0. The number of rotatable bonds is 3. The molecule has 1 atom stereocenters. The molecule has 0 radical (unpaired) electrons. The average Bonchev–Trinajstić information content (AvgIpc) is 2.86. The Kier molecular flexibility index (Phi) is 3.15. The van der Waals surface area contributed by atoms with Crippen molar-refractivity contribution in [2.24, 2.45) is 5.73 Å². The molecular formula is C16H21N3. The number of hydrogen-bond acceptors (Lipinski definition) is 2. The number of aryl methyl sites for hydroxylation is 2. The monoisotopic (exact) mass is 255 g/mol. The fourth-order valence-electron chi connectivity index (χ4n) is 3.17. The van der Waals surface area contributed by atoms with Crippen LogP contribution in [0.2, 0.25) is 0 Å². The Hall–Kier alpha value is -1.61. The van der Waals surface area contributed by atoms with Gasteiger partial charge in [0.15, 0.2) is 0 Å². The molecule has 0 fully saturated rings. The molecule has 0 bridgehead atoms. The van der Waals surface area contributed by atoms with E-state index < -0.39 is 0 Å². The van der Waals surface area contributed by atoms with E-state index in [9.17, 15) is 0 Å². The van der Waals surface area contributed by atoms with Gasteiger partial charge in [-0.15, -0.1) is 0 Å². The highest BCUT2D eigenvalue weighted by Gasteiger charge is 2.32. The van der Waals surface area contributed by atoms with E-state index in [-0.39, 0.29) is 5.54 Å². The van der Waals surface area contributed by atoms with E-state index in [1.54, 1.807) is 0 Å². The van der Waals surface area contributed by atoms with Gasteiger partial charge in [0.05, 0.1) is 6.20 Å². The SMILES string of the molecule is CCn1cc(CC2(N)CCCc3ccccc32)cn1. The van der Waals surface area contributed by atoms with Crippen molar-refractivity contribution in [2.45, 2.75) is 44.7 Å². The lowest BCUT2D eigenvalue weighted by Gasteiger charge is -2.35. The highest BCUT2D eigenvalue weighted by atomic mass is 15.3. The first kappa shape index (κ1) is 12.4. The maximum absolute atomic E-state index is 6.72. The molecule has 3 rings (SSSR count). The lowest BCUT2D eigenvalue weighted by atomic mass is 9.74. The molecule has 2 N–H and O–H groups in total. The van der Waals surface area contributed by atoms with Crippen LogP contribution >= 0.6 is 0 Å². The first-order chi connectivity index (χ1) is 9.21. The largest absolute Gasteiger partial charge is 0.321 e. The highest BCUT2D eigenvalue weighted by molar-refractivity contribution is 5.37. The molecule has 19 heavy (non-hydrogen) atoms. The van der Waals surface area contributed by atoms with Crippen molar-refractivity contribution in [3.05, 3.63) is 53.3 Å². The van der Waals surface area contributed by atoms with Crippen LogP contribution in [-0.2, 0) is 24.9 Å². The smallest absolute Gasteiger partial charge is 0.0522 e. The van der Waals surface area contributed by atoms with Gasteiger partial charge in [-0.3, -0.25) is 4.68 Å². The molecule has 1 aliphatic carbocycles. The minimum absolute atomic E-state index is 0.226. The van der Waals surface area contributed by atoms with Crippen LogP contribution < -0.4 is 5.73 Å². The highest BCUT2D eigenvalue weighted by Crippen LogP contribution is 2.35. The fourth-order valence-corrected chi connectivity index (χ4v) is 3.17. The Balaban J connectivity index is 1.91. The average molecular weight is 255 g/mol. The van der Waals surface area contributed by atoms with Crippen molar-refractivity contribution in [1.82, 2.24) is 9.78 Å². The van der Waals surface area contributed by atoms with Gasteiger partial charge >= 0.3 is 0 Å². The van der Waals surface area contributed by atoms with E-state index in [0.29, 0.717) is 0 Å². The Morgan fingerprint density at radius 2 is 2.21 bits per heavy atom. The maximum atomic E-state index is 6.72. The van der Waals surface area contributed by atoms with E-state index >= 15 is 0 Å². The molecule has 1 aromatic carbocycles. The standard InChI is InChI=1S/C16H21N3/c1-2-19-12-13(11-18-19)10-16(17)9-5-7-14-6-3-4-8-15(14)16/h3-4,6,8,11-12H,2,5,7,9-10,17H2,1H3. The fraction of sp³-hybridized carbons (Fsp3) is 0.438. The molecule has 3 heteroatoms. The summed E-state index contributed by atoms with van der Waals surface area (Å²) in [5, 5.41) is 4.35. The molecule has 100 valence electrons. The molecule has 0 spiro atoms. The van der Waals surface area contributed by atoms with Crippen LogP contribution in [0.4, 0.5) is 0 Å². The van der Waals surface area contributed by atoms with Crippen LogP contribution in [0.1, 0.15) is 36.5 Å². The molecule has 0 saturated carbocycles. The van der Waals surface area contributed by atoms with Gasteiger partial charge < -0.3 is 5.73 Å². The summed E-state index contributed by atoms with van der Waals surface area (Å²) in [5.74, 6) is 0. The summed E-state index contributed by atoms with van der Waals surface area (Å²) in [6, 6.07) is 8.62. The summed E-state index contributed by atoms with van der Waals surface area (Å²) in [6.07, 6.45) is 8.34. The zero-order valence-electron chi connectivity index (χ0n) is 11.5. The van der Waals surface area contributed by atoms with Crippen molar-refractivity contribution >= 4 is 0 Å². The molecular weight excluding hydrogens is 234 g/mol. The summed E-state index contributed by atoms with van der Waals surface area (Å²) in [6.45, 7) is 3.01. The van der Waals surface area contributed by atoms with Gasteiger partial charge in [0.1, 0.15) is 0 Å². The second-order valence-corrected chi connectivity index (χ2v) is 5.55. The van der Waals surface area contributed by atoms with Crippen LogP contribution in [0.3, 0.4) is 0 Å². The van der Waals surface area contributed by atoms with Crippen molar-refractivity contribution in [3.8, 4) is 0 Å². The third kappa shape index (κ3) is 2.30. The Morgan fingerprint density at radius 1 is 1.37 bits per heavy atom. The Labute approximate surface area is 114 Å². The number of aromatic nitrogens is 2. The van der Waals surface area contributed by atoms with Crippen LogP contribution in [0.5, 0.6) is 0 Å². The zero-order chi connectivity index (χ0) is 13.3. The van der Waals surface area contributed by atoms with Gasteiger partial charge in [-0.1, -0.05) is 24.3 Å². The number of nitrogens with zero attached hydrogens (tertiary/aromatic N) is 2.